The highest BCUT2D eigenvalue weighted by Crippen LogP contribution is 2.31. The molecule has 5 rings (SSSR count). The molecule has 1 atom stereocenters. The molecule has 2 fully saturated rings. The van der Waals surface area contributed by atoms with E-state index in [0.29, 0.717) is 5.82 Å². The minimum absolute atomic E-state index is 0.00269. The van der Waals surface area contributed by atoms with Crippen molar-refractivity contribution in [3.8, 4) is 11.3 Å². The van der Waals surface area contributed by atoms with Crippen molar-refractivity contribution in [3.63, 3.8) is 0 Å². The fourth-order valence-corrected chi connectivity index (χ4v) is 3.74. The number of nitrogens with zero attached hydrogens (tertiary/aromatic N) is 4. The van der Waals surface area contributed by atoms with E-state index in [2.05, 4.69) is 20.8 Å². The van der Waals surface area contributed by atoms with Crippen LogP contribution in [0, 0.1) is 5.92 Å². The summed E-state index contributed by atoms with van der Waals surface area (Å²) in [6.45, 7) is -0.201. The Labute approximate surface area is 171 Å². The van der Waals surface area contributed by atoms with Gasteiger partial charge < -0.3 is 15.4 Å². The lowest BCUT2D eigenvalue weighted by molar-refractivity contribution is -0.117. The normalized spacial score (nSPS) is 20.7. The standard InChI is InChI=1S/C20H22F2N6O2/c1-27-18(14(8-24-27)10-30-16-9-23-11-20(16,21)22)13-4-5-28-15(6-13)7-17(26-28)25-19(29)12-2-3-12/h4-8,12,16,23H,2-3,9-11H2,1H3,(H,25,26,29)/t16-/m1/s1. The molecule has 3 aromatic rings. The minimum atomic E-state index is -2.87. The molecule has 30 heavy (non-hydrogen) atoms. The van der Waals surface area contributed by atoms with Gasteiger partial charge in [0, 0.05) is 42.9 Å². The molecule has 1 aliphatic heterocycles. The van der Waals surface area contributed by atoms with Gasteiger partial charge in [-0.1, -0.05) is 0 Å². The van der Waals surface area contributed by atoms with Gasteiger partial charge in [0.25, 0.3) is 5.92 Å². The summed E-state index contributed by atoms with van der Waals surface area (Å²) < 4.78 is 36.5. The lowest BCUT2D eigenvalue weighted by Gasteiger charge is -2.18. The van der Waals surface area contributed by atoms with Crippen LogP contribution in [-0.2, 0) is 23.2 Å². The maximum absolute atomic E-state index is 13.8. The number of aryl methyl sites for hydroxylation is 1. The van der Waals surface area contributed by atoms with E-state index in [0.717, 1.165) is 35.2 Å². The van der Waals surface area contributed by atoms with Crippen LogP contribution in [-0.4, -0.2) is 50.4 Å². The fraction of sp³-hybridized carbons (Fsp3) is 0.450. The first-order valence-electron chi connectivity index (χ1n) is 9.92. The molecule has 2 aliphatic rings. The van der Waals surface area contributed by atoms with E-state index in [1.54, 1.807) is 34.7 Å². The van der Waals surface area contributed by atoms with Gasteiger partial charge in [-0.3, -0.25) is 9.48 Å². The molecular formula is C20H22F2N6O2. The molecule has 8 nitrogen and oxygen atoms in total. The second-order valence-electron chi connectivity index (χ2n) is 7.91. The van der Waals surface area contributed by atoms with Crippen LogP contribution >= 0.6 is 0 Å². The molecule has 1 aliphatic carbocycles. The van der Waals surface area contributed by atoms with E-state index in [4.69, 9.17) is 4.74 Å². The summed E-state index contributed by atoms with van der Waals surface area (Å²) >= 11 is 0. The van der Waals surface area contributed by atoms with Crippen LogP contribution < -0.4 is 10.6 Å². The van der Waals surface area contributed by atoms with Crippen molar-refractivity contribution in [2.24, 2.45) is 13.0 Å². The third-order valence-electron chi connectivity index (χ3n) is 5.55. The summed E-state index contributed by atoms with van der Waals surface area (Å²) in [6.07, 6.45) is 4.14. The van der Waals surface area contributed by atoms with Crippen molar-refractivity contribution in [2.45, 2.75) is 31.5 Å². The Morgan fingerprint density at radius 2 is 2.23 bits per heavy atom. The van der Waals surface area contributed by atoms with E-state index in [1.807, 2.05) is 12.1 Å². The Bertz CT molecular complexity index is 1100. The molecule has 4 heterocycles. The first kappa shape index (κ1) is 19.1. The first-order valence-corrected chi connectivity index (χ1v) is 9.92. The topological polar surface area (TPSA) is 85.5 Å². The lowest BCUT2D eigenvalue weighted by atomic mass is 10.1. The van der Waals surface area contributed by atoms with E-state index in [-0.39, 0.29) is 31.5 Å². The zero-order chi connectivity index (χ0) is 20.9. The van der Waals surface area contributed by atoms with Crippen LogP contribution in [0.3, 0.4) is 0 Å². The number of rotatable bonds is 6. The van der Waals surface area contributed by atoms with E-state index in [9.17, 15) is 13.6 Å². The third kappa shape index (κ3) is 3.56. The molecule has 1 saturated carbocycles. The number of carbonyl (C=O) groups excluding carboxylic acids is 1. The first-order chi connectivity index (χ1) is 14.4. The fourth-order valence-electron chi connectivity index (χ4n) is 3.74. The highest BCUT2D eigenvalue weighted by atomic mass is 19.3. The summed E-state index contributed by atoms with van der Waals surface area (Å²) in [5.41, 5.74) is 3.18. The number of fused-ring (bicyclic) bond motifs is 1. The predicted octanol–water partition coefficient (Wildman–Crippen LogP) is 2.21. The summed E-state index contributed by atoms with van der Waals surface area (Å²) in [6, 6.07) is 5.60. The smallest absolute Gasteiger partial charge is 0.287 e. The second-order valence-corrected chi connectivity index (χ2v) is 7.91. The number of pyridine rings is 1. The second kappa shape index (κ2) is 7.13. The Morgan fingerprint density at radius 1 is 1.40 bits per heavy atom. The number of anilines is 1. The highest BCUT2D eigenvalue weighted by molar-refractivity contribution is 5.93. The number of nitrogens with one attached hydrogen (secondary N) is 2. The number of aromatic nitrogens is 4. The molecule has 1 saturated heterocycles. The van der Waals surface area contributed by atoms with E-state index < -0.39 is 12.0 Å². The lowest BCUT2D eigenvalue weighted by Crippen LogP contribution is -2.33. The van der Waals surface area contributed by atoms with Crippen LogP contribution in [0.1, 0.15) is 18.4 Å². The van der Waals surface area contributed by atoms with Crippen LogP contribution in [0.5, 0.6) is 0 Å². The Kier molecular flexibility index (Phi) is 4.55. The van der Waals surface area contributed by atoms with Crippen molar-refractivity contribution < 1.29 is 18.3 Å². The van der Waals surface area contributed by atoms with Gasteiger partial charge in [0.15, 0.2) is 5.82 Å². The number of alkyl halides is 2. The average Bonchev–Trinajstić information content (AvgIpc) is 3.27. The Hall–Kier alpha value is -2.85. The van der Waals surface area contributed by atoms with Gasteiger partial charge >= 0.3 is 0 Å². The molecule has 0 spiro atoms. The van der Waals surface area contributed by atoms with Gasteiger partial charge in [-0.2, -0.15) is 10.2 Å². The zero-order valence-electron chi connectivity index (χ0n) is 16.4. The molecule has 0 bridgehead atoms. The number of carbonyl (C=O) groups is 1. The monoisotopic (exact) mass is 416 g/mol. The van der Waals surface area contributed by atoms with Crippen molar-refractivity contribution in [1.82, 2.24) is 24.7 Å². The van der Waals surface area contributed by atoms with Crippen LogP contribution in [0.4, 0.5) is 14.6 Å². The molecule has 0 radical (unpaired) electrons. The molecule has 2 N–H and O–H groups in total. The molecule has 158 valence electrons. The van der Waals surface area contributed by atoms with Crippen LogP contribution in [0.2, 0.25) is 0 Å². The predicted molar refractivity (Wildman–Crippen MR) is 105 cm³/mol. The van der Waals surface area contributed by atoms with Gasteiger partial charge in [0.1, 0.15) is 6.10 Å². The van der Waals surface area contributed by atoms with Crippen molar-refractivity contribution >= 4 is 17.2 Å². The van der Waals surface area contributed by atoms with Crippen molar-refractivity contribution in [1.29, 1.82) is 0 Å². The average molecular weight is 416 g/mol. The van der Waals surface area contributed by atoms with E-state index >= 15 is 0 Å². The van der Waals surface area contributed by atoms with Crippen LogP contribution in [0.15, 0.2) is 30.6 Å². The van der Waals surface area contributed by atoms with Crippen LogP contribution in [0.25, 0.3) is 16.8 Å². The van der Waals surface area contributed by atoms with Gasteiger partial charge in [-0.15, -0.1) is 0 Å². The number of amides is 1. The Balaban J connectivity index is 1.38. The van der Waals surface area contributed by atoms with Crippen molar-refractivity contribution in [3.05, 3.63) is 36.2 Å². The summed E-state index contributed by atoms with van der Waals surface area (Å²) in [5, 5.41) is 14.2. The molecule has 10 heteroatoms. The Morgan fingerprint density at radius 3 is 2.97 bits per heavy atom. The molecule has 0 unspecified atom stereocenters. The van der Waals surface area contributed by atoms with Gasteiger partial charge in [-0.05, 0) is 25.0 Å². The quantitative estimate of drug-likeness (QED) is 0.644. The van der Waals surface area contributed by atoms with Gasteiger partial charge in [-0.25, -0.2) is 13.3 Å². The largest absolute Gasteiger partial charge is 0.366 e. The van der Waals surface area contributed by atoms with E-state index in [1.165, 1.54) is 0 Å². The minimum Gasteiger partial charge on any atom is -0.366 e. The van der Waals surface area contributed by atoms with Gasteiger partial charge in [0.05, 0.1) is 30.6 Å². The zero-order valence-corrected chi connectivity index (χ0v) is 16.4. The van der Waals surface area contributed by atoms with Gasteiger partial charge in [0.2, 0.25) is 5.91 Å². The molecule has 1 amide bonds. The molecule has 0 aromatic carbocycles. The molecule has 3 aromatic heterocycles. The summed E-state index contributed by atoms with van der Waals surface area (Å²) in [4.78, 5) is 12.0. The third-order valence-corrected chi connectivity index (χ3v) is 5.55. The SMILES string of the molecule is Cn1ncc(CO[C@@H]2CNCC2(F)F)c1-c1ccn2nc(NC(=O)C3CC3)cc2c1. The number of hydrogen-bond acceptors (Lipinski definition) is 5. The number of hydrogen-bond donors (Lipinski definition) is 2. The van der Waals surface area contributed by atoms with Crippen molar-refractivity contribution in [2.75, 3.05) is 18.4 Å². The number of ether oxygens (including phenoxy) is 1. The maximum Gasteiger partial charge on any atom is 0.287 e. The summed E-state index contributed by atoms with van der Waals surface area (Å²) in [5.74, 6) is -2.26. The molecular weight excluding hydrogens is 394 g/mol. The highest BCUT2D eigenvalue weighted by Gasteiger charge is 2.45. The summed E-state index contributed by atoms with van der Waals surface area (Å²) in [7, 11) is 1.80. The maximum atomic E-state index is 13.8. The number of halogens is 2.